The molecule has 1 aliphatic carbocycles. The van der Waals surface area contributed by atoms with Crippen LogP contribution in [0.25, 0.3) is 0 Å². The van der Waals surface area contributed by atoms with Crippen LogP contribution in [0.15, 0.2) is 0 Å². The third-order valence-electron chi connectivity index (χ3n) is 4.07. The molecule has 2 atom stereocenters. The smallest absolute Gasteiger partial charge is 0.0615 e. The number of nitrogens with two attached hydrogens (primary N) is 1. The van der Waals surface area contributed by atoms with Gasteiger partial charge in [-0.1, -0.05) is 26.7 Å². The van der Waals surface area contributed by atoms with Crippen molar-refractivity contribution in [2.75, 3.05) is 20.3 Å². The Hall–Kier alpha value is -0.120. The van der Waals surface area contributed by atoms with Gasteiger partial charge >= 0.3 is 0 Å². The van der Waals surface area contributed by atoms with E-state index in [4.69, 9.17) is 10.5 Å². The van der Waals surface area contributed by atoms with Gasteiger partial charge in [0.25, 0.3) is 0 Å². The van der Waals surface area contributed by atoms with E-state index >= 15 is 0 Å². The van der Waals surface area contributed by atoms with Crippen molar-refractivity contribution in [2.45, 2.75) is 64.5 Å². The second-order valence-corrected chi connectivity index (χ2v) is 6.04. The maximum atomic E-state index is 5.59. The molecule has 17 heavy (non-hydrogen) atoms. The van der Waals surface area contributed by atoms with Crippen molar-refractivity contribution in [1.29, 1.82) is 0 Å². The van der Waals surface area contributed by atoms with Crippen LogP contribution in [-0.2, 0) is 4.74 Å². The van der Waals surface area contributed by atoms with E-state index in [0.29, 0.717) is 17.5 Å². The molecule has 1 aliphatic rings. The quantitative estimate of drug-likeness (QED) is 0.720. The average Bonchev–Trinajstić information content (AvgIpc) is 2.28. The molecule has 0 aromatic heterocycles. The summed E-state index contributed by atoms with van der Waals surface area (Å²) >= 11 is 0. The van der Waals surface area contributed by atoms with E-state index in [1.807, 2.05) is 0 Å². The summed E-state index contributed by atoms with van der Waals surface area (Å²) in [7, 11) is 1.78. The molecule has 0 saturated heterocycles. The first-order chi connectivity index (χ1) is 8.10. The van der Waals surface area contributed by atoms with E-state index < -0.39 is 0 Å². The van der Waals surface area contributed by atoms with Gasteiger partial charge in [0.2, 0.25) is 0 Å². The van der Waals surface area contributed by atoms with Gasteiger partial charge in [-0.05, 0) is 37.6 Å². The van der Waals surface area contributed by atoms with Crippen LogP contribution in [0.4, 0.5) is 0 Å². The molecule has 0 heterocycles. The Kier molecular flexibility index (Phi) is 6.45. The van der Waals surface area contributed by atoms with Crippen molar-refractivity contribution in [2.24, 2.45) is 11.1 Å². The fourth-order valence-corrected chi connectivity index (χ4v) is 2.87. The molecule has 0 aromatic rings. The molecular formula is C14H30N2O. The summed E-state index contributed by atoms with van der Waals surface area (Å²) in [5.74, 6) is 0. The normalized spacial score (nSPS) is 25.8. The van der Waals surface area contributed by atoms with E-state index in [1.54, 1.807) is 7.11 Å². The Balaban J connectivity index is 2.46. The predicted molar refractivity (Wildman–Crippen MR) is 73.1 cm³/mol. The van der Waals surface area contributed by atoms with Crippen molar-refractivity contribution in [3.8, 4) is 0 Å². The Morgan fingerprint density at radius 3 is 2.76 bits per heavy atom. The predicted octanol–water partition coefficient (Wildman–Crippen LogP) is 2.30. The van der Waals surface area contributed by atoms with Crippen LogP contribution in [0.3, 0.4) is 0 Å². The topological polar surface area (TPSA) is 47.3 Å². The van der Waals surface area contributed by atoms with Crippen LogP contribution < -0.4 is 11.1 Å². The zero-order chi connectivity index (χ0) is 12.7. The van der Waals surface area contributed by atoms with Crippen LogP contribution in [0, 0.1) is 5.41 Å². The first-order valence-corrected chi connectivity index (χ1v) is 7.05. The third kappa shape index (κ3) is 4.94. The monoisotopic (exact) mass is 242 g/mol. The molecule has 2 unspecified atom stereocenters. The fraction of sp³-hybridized carbons (Fsp3) is 1.00. The molecule has 3 heteroatoms. The lowest BCUT2D eigenvalue weighted by atomic mass is 9.73. The minimum absolute atomic E-state index is 0.424. The number of nitrogens with one attached hydrogen (secondary N) is 1. The molecule has 1 saturated carbocycles. The summed E-state index contributed by atoms with van der Waals surface area (Å²) in [6.45, 7) is 6.34. The molecule has 1 fully saturated rings. The van der Waals surface area contributed by atoms with E-state index in [1.165, 1.54) is 25.7 Å². The Morgan fingerprint density at radius 2 is 2.18 bits per heavy atom. The summed E-state index contributed by atoms with van der Waals surface area (Å²) in [5.41, 5.74) is 6.01. The summed E-state index contributed by atoms with van der Waals surface area (Å²) < 4.78 is 5.31. The van der Waals surface area contributed by atoms with E-state index in [2.05, 4.69) is 19.2 Å². The highest BCUT2D eigenvalue weighted by molar-refractivity contribution is 4.89. The molecule has 1 rings (SSSR count). The number of rotatable bonds is 7. The van der Waals surface area contributed by atoms with Gasteiger partial charge in [-0.3, -0.25) is 0 Å². The van der Waals surface area contributed by atoms with Gasteiger partial charge in [0.15, 0.2) is 0 Å². The van der Waals surface area contributed by atoms with Gasteiger partial charge in [0.05, 0.1) is 6.61 Å². The van der Waals surface area contributed by atoms with Crippen molar-refractivity contribution in [3.05, 3.63) is 0 Å². The molecule has 0 radical (unpaired) electrons. The first kappa shape index (κ1) is 14.9. The van der Waals surface area contributed by atoms with Gasteiger partial charge in [0, 0.05) is 19.2 Å². The Morgan fingerprint density at radius 1 is 1.41 bits per heavy atom. The highest BCUT2D eigenvalue weighted by atomic mass is 16.5. The van der Waals surface area contributed by atoms with Gasteiger partial charge in [-0.15, -0.1) is 0 Å². The van der Waals surface area contributed by atoms with Crippen molar-refractivity contribution in [3.63, 3.8) is 0 Å². The number of methoxy groups -OCH3 is 1. The van der Waals surface area contributed by atoms with Gasteiger partial charge in [-0.25, -0.2) is 0 Å². The second kappa shape index (κ2) is 7.34. The lowest BCUT2D eigenvalue weighted by Gasteiger charge is -2.41. The van der Waals surface area contributed by atoms with Gasteiger partial charge in [0.1, 0.15) is 0 Å². The number of hydrogen-bond donors (Lipinski definition) is 2. The van der Waals surface area contributed by atoms with Crippen LogP contribution in [-0.4, -0.2) is 32.3 Å². The summed E-state index contributed by atoms with van der Waals surface area (Å²) in [6.07, 6.45) is 7.57. The molecular weight excluding hydrogens is 212 g/mol. The summed E-state index contributed by atoms with van der Waals surface area (Å²) in [4.78, 5) is 0. The zero-order valence-electron chi connectivity index (χ0n) is 11.8. The Labute approximate surface area is 106 Å². The van der Waals surface area contributed by atoms with Gasteiger partial charge in [-0.2, -0.15) is 0 Å². The maximum Gasteiger partial charge on any atom is 0.0615 e. The highest BCUT2D eigenvalue weighted by Gasteiger charge is 2.33. The minimum Gasteiger partial charge on any atom is -0.383 e. The zero-order valence-corrected chi connectivity index (χ0v) is 11.8. The molecule has 0 amide bonds. The molecule has 0 spiro atoms. The minimum atomic E-state index is 0.424. The fourth-order valence-electron chi connectivity index (χ4n) is 2.87. The van der Waals surface area contributed by atoms with E-state index in [9.17, 15) is 0 Å². The largest absolute Gasteiger partial charge is 0.383 e. The van der Waals surface area contributed by atoms with Crippen molar-refractivity contribution in [1.82, 2.24) is 5.32 Å². The molecule has 0 aliphatic heterocycles. The first-order valence-electron chi connectivity index (χ1n) is 7.05. The molecule has 0 aromatic carbocycles. The molecule has 102 valence electrons. The van der Waals surface area contributed by atoms with Gasteiger partial charge < -0.3 is 15.8 Å². The lowest BCUT2D eigenvalue weighted by molar-refractivity contribution is 0.112. The lowest BCUT2D eigenvalue weighted by Crippen LogP contribution is -2.50. The van der Waals surface area contributed by atoms with Crippen LogP contribution >= 0.6 is 0 Å². The molecule has 3 N–H and O–H groups in total. The standard InChI is InChI=1S/C14H30N2O/c1-14(2)9-5-4-8-13(14)16-12(11-17-3)7-6-10-15/h12-13,16H,4-11,15H2,1-3H3. The summed E-state index contributed by atoms with van der Waals surface area (Å²) in [6, 6.07) is 1.10. The van der Waals surface area contributed by atoms with E-state index in [0.717, 1.165) is 26.0 Å². The van der Waals surface area contributed by atoms with Crippen LogP contribution in [0.2, 0.25) is 0 Å². The molecule has 0 bridgehead atoms. The average molecular weight is 242 g/mol. The third-order valence-corrected chi connectivity index (χ3v) is 4.07. The summed E-state index contributed by atoms with van der Waals surface area (Å²) in [5, 5.41) is 3.80. The second-order valence-electron chi connectivity index (χ2n) is 6.04. The number of hydrogen-bond acceptors (Lipinski definition) is 3. The number of ether oxygens (including phenoxy) is 1. The van der Waals surface area contributed by atoms with Crippen LogP contribution in [0.1, 0.15) is 52.4 Å². The highest BCUT2D eigenvalue weighted by Crippen LogP contribution is 2.35. The maximum absolute atomic E-state index is 5.59. The van der Waals surface area contributed by atoms with Crippen LogP contribution in [0.5, 0.6) is 0 Å². The van der Waals surface area contributed by atoms with Crippen molar-refractivity contribution < 1.29 is 4.74 Å². The molecule has 3 nitrogen and oxygen atoms in total. The van der Waals surface area contributed by atoms with E-state index in [-0.39, 0.29) is 0 Å². The SMILES string of the molecule is COCC(CCCN)NC1CCCCC1(C)C. The van der Waals surface area contributed by atoms with Crippen molar-refractivity contribution >= 4 is 0 Å². The Bertz CT molecular complexity index is 206.